The summed E-state index contributed by atoms with van der Waals surface area (Å²) < 4.78 is 0. The Morgan fingerprint density at radius 2 is 2.23 bits per heavy atom. The molecule has 3 fully saturated rings. The molecule has 4 atom stereocenters. The van der Waals surface area contributed by atoms with Gasteiger partial charge in [0.15, 0.2) is 0 Å². The third kappa shape index (κ3) is 0.908. The van der Waals surface area contributed by atoms with Gasteiger partial charge < -0.3 is 0 Å². The zero-order valence-electron chi connectivity index (χ0n) is 8.38. The van der Waals surface area contributed by atoms with E-state index in [2.05, 4.69) is 6.92 Å². The van der Waals surface area contributed by atoms with Crippen LogP contribution >= 0.6 is 0 Å². The van der Waals surface area contributed by atoms with Gasteiger partial charge in [-0.2, -0.15) is 0 Å². The molecule has 3 aliphatic carbocycles. The molecule has 3 aliphatic rings. The van der Waals surface area contributed by atoms with Crippen LogP contribution in [0.2, 0.25) is 0 Å². The lowest BCUT2D eigenvalue weighted by atomic mass is 9.74. The summed E-state index contributed by atoms with van der Waals surface area (Å²) in [5, 5.41) is 0. The van der Waals surface area contributed by atoms with Crippen molar-refractivity contribution in [1.29, 1.82) is 0 Å². The smallest absolute Gasteiger partial charge is 0.133 e. The maximum atomic E-state index is 11.5. The first-order chi connectivity index (χ1) is 6.20. The van der Waals surface area contributed by atoms with Crippen LogP contribution in [0.15, 0.2) is 0 Å². The standard InChI is InChI=1S/C12H18O/c1-12-7-10(13)6-9(12)5-8-3-2-4-11(8)12/h8-9,11H,2-7H2,1H3. The third-order valence-electron chi connectivity index (χ3n) is 5.08. The van der Waals surface area contributed by atoms with Crippen LogP contribution in [0.3, 0.4) is 0 Å². The molecule has 72 valence electrons. The molecule has 0 spiro atoms. The van der Waals surface area contributed by atoms with Crippen LogP contribution in [-0.2, 0) is 4.79 Å². The largest absolute Gasteiger partial charge is 0.300 e. The molecule has 0 N–H and O–H groups in total. The Balaban J connectivity index is 1.94. The van der Waals surface area contributed by atoms with Gasteiger partial charge in [0.2, 0.25) is 0 Å². The second-order valence-electron chi connectivity index (χ2n) is 5.66. The molecular formula is C12H18O. The van der Waals surface area contributed by atoms with Gasteiger partial charge in [-0.1, -0.05) is 19.8 Å². The van der Waals surface area contributed by atoms with Crippen molar-refractivity contribution in [3.8, 4) is 0 Å². The van der Waals surface area contributed by atoms with Gasteiger partial charge in [0.05, 0.1) is 0 Å². The SMILES string of the molecule is CC12CC(=O)CC1CC1CCCC12. The Morgan fingerprint density at radius 3 is 3.08 bits per heavy atom. The second-order valence-corrected chi connectivity index (χ2v) is 5.66. The third-order valence-corrected chi connectivity index (χ3v) is 5.08. The van der Waals surface area contributed by atoms with Gasteiger partial charge in [0, 0.05) is 12.8 Å². The zero-order valence-corrected chi connectivity index (χ0v) is 8.38. The Morgan fingerprint density at radius 1 is 1.38 bits per heavy atom. The molecule has 0 amide bonds. The van der Waals surface area contributed by atoms with Gasteiger partial charge in [-0.05, 0) is 36.0 Å². The number of carbonyl (C=O) groups is 1. The molecule has 0 saturated heterocycles. The van der Waals surface area contributed by atoms with Gasteiger partial charge in [-0.15, -0.1) is 0 Å². The predicted molar refractivity (Wildman–Crippen MR) is 51.3 cm³/mol. The van der Waals surface area contributed by atoms with E-state index in [1.54, 1.807) is 0 Å². The molecule has 3 rings (SSSR count). The van der Waals surface area contributed by atoms with Crippen LogP contribution < -0.4 is 0 Å². The zero-order chi connectivity index (χ0) is 9.05. The fraction of sp³-hybridized carbons (Fsp3) is 0.917. The summed E-state index contributed by atoms with van der Waals surface area (Å²) in [6.45, 7) is 2.39. The molecule has 0 aromatic carbocycles. The number of rotatable bonds is 0. The van der Waals surface area contributed by atoms with E-state index < -0.39 is 0 Å². The molecule has 0 aliphatic heterocycles. The summed E-state index contributed by atoms with van der Waals surface area (Å²) in [7, 11) is 0. The number of fused-ring (bicyclic) bond motifs is 3. The quantitative estimate of drug-likeness (QED) is 0.557. The number of Topliss-reactive ketones (excluding diaryl/α,β-unsaturated/α-hetero) is 1. The van der Waals surface area contributed by atoms with Crippen LogP contribution in [0.5, 0.6) is 0 Å². The molecule has 1 nitrogen and oxygen atoms in total. The average molecular weight is 178 g/mol. The Labute approximate surface area is 79.9 Å². The Kier molecular flexibility index (Phi) is 1.46. The molecular weight excluding hydrogens is 160 g/mol. The molecule has 1 heteroatoms. The molecule has 4 unspecified atom stereocenters. The Bertz CT molecular complexity index is 258. The van der Waals surface area contributed by atoms with E-state index in [4.69, 9.17) is 0 Å². The van der Waals surface area contributed by atoms with Gasteiger partial charge in [-0.3, -0.25) is 4.79 Å². The summed E-state index contributed by atoms with van der Waals surface area (Å²) in [6, 6.07) is 0. The normalized spacial score (nSPS) is 53.9. The molecule has 0 radical (unpaired) electrons. The maximum absolute atomic E-state index is 11.5. The fourth-order valence-electron chi connectivity index (χ4n) is 4.49. The lowest BCUT2D eigenvalue weighted by molar-refractivity contribution is -0.118. The number of hydrogen-bond donors (Lipinski definition) is 0. The van der Waals surface area contributed by atoms with Crippen molar-refractivity contribution in [2.24, 2.45) is 23.2 Å². The van der Waals surface area contributed by atoms with Crippen molar-refractivity contribution < 1.29 is 4.79 Å². The van der Waals surface area contributed by atoms with Gasteiger partial charge >= 0.3 is 0 Å². The van der Waals surface area contributed by atoms with Crippen LogP contribution in [-0.4, -0.2) is 5.78 Å². The van der Waals surface area contributed by atoms with E-state index in [1.807, 2.05) is 0 Å². The van der Waals surface area contributed by atoms with E-state index in [-0.39, 0.29) is 0 Å². The van der Waals surface area contributed by atoms with Crippen LogP contribution in [0.25, 0.3) is 0 Å². The second kappa shape index (κ2) is 2.37. The molecule has 0 bridgehead atoms. The number of hydrogen-bond acceptors (Lipinski definition) is 1. The molecule has 13 heavy (non-hydrogen) atoms. The fourth-order valence-corrected chi connectivity index (χ4v) is 4.49. The summed E-state index contributed by atoms with van der Waals surface area (Å²) in [5.74, 6) is 3.19. The molecule has 0 heterocycles. The monoisotopic (exact) mass is 178 g/mol. The van der Waals surface area contributed by atoms with Crippen molar-refractivity contribution in [3.05, 3.63) is 0 Å². The van der Waals surface area contributed by atoms with Crippen LogP contribution in [0.4, 0.5) is 0 Å². The maximum Gasteiger partial charge on any atom is 0.133 e. The highest BCUT2D eigenvalue weighted by Gasteiger charge is 2.57. The van der Waals surface area contributed by atoms with Gasteiger partial charge in [0.1, 0.15) is 5.78 Å². The van der Waals surface area contributed by atoms with E-state index in [1.165, 1.54) is 25.7 Å². The number of carbonyl (C=O) groups excluding carboxylic acids is 1. The highest BCUT2D eigenvalue weighted by molar-refractivity contribution is 5.82. The van der Waals surface area contributed by atoms with E-state index in [9.17, 15) is 4.79 Å². The van der Waals surface area contributed by atoms with E-state index in [0.29, 0.717) is 11.2 Å². The lowest BCUT2D eigenvalue weighted by Gasteiger charge is -2.29. The number of ketones is 1. The van der Waals surface area contributed by atoms with Crippen molar-refractivity contribution in [2.45, 2.75) is 45.4 Å². The Hall–Kier alpha value is -0.330. The van der Waals surface area contributed by atoms with E-state index >= 15 is 0 Å². The highest BCUT2D eigenvalue weighted by atomic mass is 16.1. The van der Waals surface area contributed by atoms with Crippen molar-refractivity contribution in [1.82, 2.24) is 0 Å². The van der Waals surface area contributed by atoms with Crippen LogP contribution in [0, 0.1) is 23.2 Å². The topological polar surface area (TPSA) is 17.1 Å². The first-order valence-electron chi connectivity index (χ1n) is 5.72. The summed E-state index contributed by atoms with van der Waals surface area (Å²) in [6.07, 6.45) is 7.46. The van der Waals surface area contributed by atoms with Gasteiger partial charge in [0.25, 0.3) is 0 Å². The average Bonchev–Trinajstić information content (AvgIpc) is 2.62. The first kappa shape index (κ1) is 8.02. The molecule has 3 saturated carbocycles. The van der Waals surface area contributed by atoms with E-state index in [0.717, 1.165) is 30.6 Å². The van der Waals surface area contributed by atoms with Crippen molar-refractivity contribution >= 4 is 5.78 Å². The molecule has 0 aromatic rings. The minimum absolute atomic E-state index is 0.429. The predicted octanol–water partition coefficient (Wildman–Crippen LogP) is 2.79. The van der Waals surface area contributed by atoms with Crippen LogP contribution in [0.1, 0.15) is 45.4 Å². The minimum atomic E-state index is 0.429. The van der Waals surface area contributed by atoms with Crippen molar-refractivity contribution in [3.63, 3.8) is 0 Å². The highest BCUT2D eigenvalue weighted by Crippen LogP contribution is 2.63. The summed E-state index contributed by atoms with van der Waals surface area (Å²) in [5.41, 5.74) is 0.429. The van der Waals surface area contributed by atoms with Gasteiger partial charge in [-0.25, -0.2) is 0 Å². The minimum Gasteiger partial charge on any atom is -0.300 e. The summed E-state index contributed by atoms with van der Waals surface area (Å²) >= 11 is 0. The molecule has 0 aromatic heterocycles. The lowest BCUT2D eigenvalue weighted by Crippen LogP contribution is -2.24. The first-order valence-corrected chi connectivity index (χ1v) is 5.72. The summed E-state index contributed by atoms with van der Waals surface area (Å²) in [4.78, 5) is 11.5. The van der Waals surface area contributed by atoms with Crippen molar-refractivity contribution in [2.75, 3.05) is 0 Å².